The molecule has 0 spiro atoms. The van der Waals surface area contributed by atoms with Crippen LogP contribution in [0.2, 0.25) is 0 Å². The van der Waals surface area contributed by atoms with Gasteiger partial charge in [-0.15, -0.1) is 0 Å². The summed E-state index contributed by atoms with van der Waals surface area (Å²) >= 11 is 0. The standard InChI is InChI=1S/C18H21N3O3/c1-21(11-12-24-14-7-3-2-4-8-14)13-17(22)20-16-10-6-5-9-15(16)18(19)23/h2-10H,11-13H2,1H3,(H2,19,23)(H,20,22). The molecule has 0 radical (unpaired) electrons. The van der Waals surface area contributed by atoms with Crippen LogP contribution >= 0.6 is 0 Å². The van der Waals surface area contributed by atoms with Crippen LogP contribution in [0.1, 0.15) is 10.4 Å². The van der Waals surface area contributed by atoms with Crippen molar-refractivity contribution in [1.82, 2.24) is 4.90 Å². The number of likely N-dealkylation sites (N-methyl/N-ethyl adjacent to an activating group) is 1. The molecular weight excluding hydrogens is 306 g/mol. The number of amides is 2. The van der Waals surface area contributed by atoms with Crippen LogP contribution in [0, 0.1) is 0 Å². The molecule has 2 amide bonds. The first kappa shape index (κ1) is 17.5. The van der Waals surface area contributed by atoms with Gasteiger partial charge in [0.05, 0.1) is 17.8 Å². The molecule has 126 valence electrons. The van der Waals surface area contributed by atoms with E-state index in [1.54, 1.807) is 24.3 Å². The van der Waals surface area contributed by atoms with Crippen LogP contribution in [0.3, 0.4) is 0 Å². The third-order valence-electron chi connectivity index (χ3n) is 3.37. The summed E-state index contributed by atoms with van der Waals surface area (Å²) in [4.78, 5) is 25.3. The Morgan fingerprint density at radius 3 is 2.46 bits per heavy atom. The van der Waals surface area contributed by atoms with Gasteiger partial charge in [-0.2, -0.15) is 0 Å². The summed E-state index contributed by atoms with van der Waals surface area (Å²) in [5.41, 5.74) is 6.01. The molecule has 0 saturated carbocycles. The van der Waals surface area contributed by atoms with Crippen molar-refractivity contribution in [3.05, 3.63) is 60.2 Å². The molecule has 2 rings (SSSR count). The van der Waals surface area contributed by atoms with Crippen molar-refractivity contribution in [3.63, 3.8) is 0 Å². The molecule has 2 aromatic carbocycles. The predicted molar refractivity (Wildman–Crippen MR) is 93.0 cm³/mol. The third kappa shape index (κ3) is 5.40. The van der Waals surface area contributed by atoms with Crippen LogP contribution in [0.4, 0.5) is 5.69 Å². The lowest BCUT2D eigenvalue weighted by atomic mass is 10.1. The fraction of sp³-hybridized carbons (Fsp3) is 0.222. The normalized spacial score (nSPS) is 10.4. The van der Waals surface area contributed by atoms with Crippen molar-refractivity contribution >= 4 is 17.5 Å². The van der Waals surface area contributed by atoms with Crippen LogP contribution in [0.15, 0.2) is 54.6 Å². The molecule has 2 aromatic rings. The van der Waals surface area contributed by atoms with E-state index in [0.29, 0.717) is 24.4 Å². The molecule has 0 unspecified atom stereocenters. The van der Waals surface area contributed by atoms with E-state index in [1.807, 2.05) is 42.3 Å². The molecule has 0 heterocycles. The van der Waals surface area contributed by atoms with Crippen LogP contribution in [0.5, 0.6) is 5.75 Å². The maximum Gasteiger partial charge on any atom is 0.250 e. The van der Waals surface area contributed by atoms with Gasteiger partial charge in [-0.05, 0) is 31.3 Å². The van der Waals surface area contributed by atoms with Crippen molar-refractivity contribution in [1.29, 1.82) is 0 Å². The van der Waals surface area contributed by atoms with E-state index in [1.165, 1.54) is 0 Å². The van der Waals surface area contributed by atoms with Crippen molar-refractivity contribution in [2.45, 2.75) is 0 Å². The topological polar surface area (TPSA) is 84.7 Å². The maximum absolute atomic E-state index is 12.1. The SMILES string of the molecule is CN(CCOc1ccccc1)CC(=O)Nc1ccccc1C(N)=O. The Hall–Kier alpha value is -2.86. The molecular formula is C18H21N3O3. The van der Waals surface area contributed by atoms with Gasteiger partial charge in [-0.1, -0.05) is 30.3 Å². The number of rotatable bonds is 8. The first-order valence-corrected chi connectivity index (χ1v) is 7.61. The Morgan fingerprint density at radius 1 is 1.08 bits per heavy atom. The van der Waals surface area contributed by atoms with Gasteiger partial charge in [-0.3, -0.25) is 14.5 Å². The largest absolute Gasteiger partial charge is 0.492 e. The predicted octanol–water partition coefficient (Wildman–Crippen LogP) is 1.73. The zero-order valence-electron chi connectivity index (χ0n) is 13.6. The average Bonchev–Trinajstić information content (AvgIpc) is 2.56. The van der Waals surface area contributed by atoms with Crippen LogP contribution in [-0.2, 0) is 4.79 Å². The first-order chi connectivity index (χ1) is 11.6. The number of nitrogens with one attached hydrogen (secondary N) is 1. The van der Waals surface area contributed by atoms with Crippen LogP contribution in [-0.4, -0.2) is 43.5 Å². The molecule has 0 fully saturated rings. The van der Waals surface area contributed by atoms with Gasteiger partial charge in [0.2, 0.25) is 5.91 Å². The van der Waals surface area contributed by atoms with Crippen LogP contribution < -0.4 is 15.8 Å². The number of ether oxygens (including phenoxy) is 1. The number of nitrogens with zero attached hydrogens (tertiary/aromatic N) is 1. The van der Waals surface area contributed by atoms with Crippen molar-refractivity contribution < 1.29 is 14.3 Å². The van der Waals surface area contributed by atoms with E-state index in [0.717, 1.165) is 5.75 Å². The summed E-state index contributed by atoms with van der Waals surface area (Å²) in [7, 11) is 1.83. The Kier molecular flexibility index (Phi) is 6.33. The lowest BCUT2D eigenvalue weighted by molar-refractivity contribution is -0.117. The maximum atomic E-state index is 12.1. The number of hydrogen-bond donors (Lipinski definition) is 2. The molecule has 24 heavy (non-hydrogen) atoms. The highest BCUT2D eigenvalue weighted by atomic mass is 16.5. The van der Waals surface area contributed by atoms with E-state index in [4.69, 9.17) is 10.5 Å². The zero-order chi connectivity index (χ0) is 17.4. The Morgan fingerprint density at radius 2 is 1.75 bits per heavy atom. The van der Waals surface area contributed by atoms with Gasteiger partial charge < -0.3 is 15.8 Å². The highest BCUT2D eigenvalue weighted by Gasteiger charge is 2.11. The van der Waals surface area contributed by atoms with E-state index in [-0.39, 0.29) is 12.5 Å². The second-order valence-corrected chi connectivity index (χ2v) is 5.36. The summed E-state index contributed by atoms with van der Waals surface area (Å²) < 4.78 is 5.59. The molecule has 0 aliphatic heterocycles. The third-order valence-corrected chi connectivity index (χ3v) is 3.37. The number of carbonyl (C=O) groups excluding carboxylic acids is 2. The van der Waals surface area contributed by atoms with Gasteiger partial charge in [0.1, 0.15) is 12.4 Å². The van der Waals surface area contributed by atoms with Gasteiger partial charge in [0.25, 0.3) is 5.91 Å². The average molecular weight is 327 g/mol. The van der Waals surface area contributed by atoms with Crippen molar-refractivity contribution in [2.75, 3.05) is 32.1 Å². The molecule has 0 aliphatic carbocycles. The Labute approximate surface area is 141 Å². The number of primary amides is 1. The van der Waals surface area contributed by atoms with E-state index in [2.05, 4.69) is 5.32 Å². The summed E-state index contributed by atoms with van der Waals surface area (Å²) in [6.45, 7) is 1.26. The van der Waals surface area contributed by atoms with Crippen molar-refractivity contribution in [3.8, 4) is 5.75 Å². The minimum absolute atomic E-state index is 0.186. The Bertz CT molecular complexity index is 689. The molecule has 0 atom stereocenters. The molecule has 6 heteroatoms. The molecule has 6 nitrogen and oxygen atoms in total. The fourth-order valence-electron chi connectivity index (χ4n) is 2.16. The zero-order valence-corrected chi connectivity index (χ0v) is 13.6. The minimum Gasteiger partial charge on any atom is -0.492 e. The summed E-state index contributed by atoms with van der Waals surface area (Å²) in [5, 5.41) is 2.71. The number of para-hydroxylation sites is 2. The summed E-state index contributed by atoms with van der Waals surface area (Å²) in [5.74, 6) is 0.00663. The fourth-order valence-corrected chi connectivity index (χ4v) is 2.16. The van der Waals surface area contributed by atoms with E-state index >= 15 is 0 Å². The highest BCUT2D eigenvalue weighted by molar-refractivity contribution is 6.03. The van der Waals surface area contributed by atoms with Gasteiger partial charge in [0.15, 0.2) is 0 Å². The molecule has 3 N–H and O–H groups in total. The monoisotopic (exact) mass is 327 g/mol. The smallest absolute Gasteiger partial charge is 0.250 e. The second kappa shape index (κ2) is 8.69. The van der Waals surface area contributed by atoms with Gasteiger partial charge in [-0.25, -0.2) is 0 Å². The molecule has 0 aromatic heterocycles. The highest BCUT2D eigenvalue weighted by Crippen LogP contribution is 2.14. The lowest BCUT2D eigenvalue weighted by Crippen LogP contribution is -2.33. The van der Waals surface area contributed by atoms with Gasteiger partial charge >= 0.3 is 0 Å². The number of nitrogens with two attached hydrogens (primary N) is 1. The number of benzene rings is 2. The van der Waals surface area contributed by atoms with E-state index in [9.17, 15) is 9.59 Å². The Balaban J connectivity index is 1.78. The quantitative estimate of drug-likeness (QED) is 0.773. The lowest BCUT2D eigenvalue weighted by Gasteiger charge is -2.17. The molecule has 0 saturated heterocycles. The first-order valence-electron chi connectivity index (χ1n) is 7.61. The second-order valence-electron chi connectivity index (χ2n) is 5.36. The molecule has 0 bridgehead atoms. The van der Waals surface area contributed by atoms with Crippen molar-refractivity contribution in [2.24, 2.45) is 5.73 Å². The summed E-state index contributed by atoms with van der Waals surface area (Å²) in [6.07, 6.45) is 0. The summed E-state index contributed by atoms with van der Waals surface area (Å²) in [6, 6.07) is 16.2. The minimum atomic E-state index is -0.574. The van der Waals surface area contributed by atoms with E-state index < -0.39 is 5.91 Å². The van der Waals surface area contributed by atoms with Gasteiger partial charge in [0, 0.05) is 6.54 Å². The number of carbonyl (C=O) groups is 2. The number of anilines is 1. The number of hydrogen-bond acceptors (Lipinski definition) is 4. The molecule has 0 aliphatic rings. The van der Waals surface area contributed by atoms with Crippen LogP contribution in [0.25, 0.3) is 0 Å².